The lowest BCUT2D eigenvalue weighted by molar-refractivity contribution is -0.121. The molecule has 0 bridgehead atoms. The predicted octanol–water partition coefficient (Wildman–Crippen LogP) is 5.69. The number of anilines is 2. The van der Waals surface area contributed by atoms with Crippen LogP contribution in [0.4, 0.5) is 11.4 Å². The van der Waals surface area contributed by atoms with Crippen LogP contribution in [0.2, 0.25) is 0 Å². The number of phenols is 1. The van der Waals surface area contributed by atoms with Crippen molar-refractivity contribution in [1.82, 2.24) is 0 Å². The van der Waals surface area contributed by atoms with Gasteiger partial charge in [0.25, 0.3) is 0 Å². The zero-order valence-electron chi connectivity index (χ0n) is 18.4. The molecule has 2 amide bonds. The molecule has 1 fully saturated rings. The molecule has 7 nitrogen and oxygen atoms in total. The molecule has 1 heterocycles. The molecule has 1 aliphatic rings. The highest BCUT2D eigenvalue weighted by atomic mass is 79.9. The van der Waals surface area contributed by atoms with Crippen molar-refractivity contribution < 1.29 is 14.7 Å². The lowest BCUT2D eigenvalue weighted by Crippen LogP contribution is -2.33. The fourth-order valence-electron chi connectivity index (χ4n) is 3.26. The number of allylic oxidation sites excluding steroid dienone is 1. The molecule has 3 aromatic rings. The predicted molar refractivity (Wildman–Crippen MR) is 146 cm³/mol. The number of carbonyl (C=O) groups excluding carboxylic acids is 2. The van der Waals surface area contributed by atoms with Gasteiger partial charge in [0.15, 0.2) is 5.17 Å². The van der Waals surface area contributed by atoms with Crippen molar-refractivity contribution in [2.45, 2.75) is 11.7 Å². The Morgan fingerprint density at radius 1 is 1.06 bits per heavy atom. The average Bonchev–Trinajstić information content (AvgIpc) is 3.16. The van der Waals surface area contributed by atoms with Crippen LogP contribution in [-0.2, 0) is 9.59 Å². The largest absolute Gasteiger partial charge is 0.508 e. The summed E-state index contributed by atoms with van der Waals surface area (Å²) in [6, 6.07) is 23.2. The van der Waals surface area contributed by atoms with Crippen molar-refractivity contribution in [2.24, 2.45) is 10.2 Å². The number of amidine groups is 1. The van der Waals surface area contributed by atoms with Crippen LogP contribution in [0.25, 0.3) is 6.08 Å². The Bertz CT molecular complexity index is 1280. The molecule has 9 heteroatoms. The molecule has 0 spiro atoms. The number of nitrogens with one attached hydrogen (secondary N) is 1. The van der Waals surface area contributed by atoms with Crippen LogP contribution in [0.3, 0.4) is 0 Å². The number of halogens is 1. The van der Waals surface area contributed by atoms with Crippen molar-refractivity contribution in [2.75, 3.05) is 10.2 Å². The van der Waals surface area contributed by atoms with E-state index in [1.807, 2.05) is 48.5 Å². The molecule has 0 aromatic heterocycles. The molecule has 0 radical (unpaired) electrons. The molecule has 0 aliphatic carbocycles. The standard InChI is InChI=1S/C26H21BrN4O3S/c27-19-8-10-20(11-9-19)29-24(33)17-23-25(34)31(21-12-14-22(32)15-13-21)26(35-23)30-28-16-4-7-18-5-2-1-3-6-18/h1-16,23,32H,17H2,(H,29,33). The summed E-state index contributed by atoms with van der Waals surface area (Å²) in [6.45, 7) is 0. The summed E-state index contributed by atoms with van der Waals surface area (Å²) >= 11 is 4.54. The van der Waals surface area contributed by atoms with E-state index in [1.165, 1.54) is 35.0 Å². The van der Waals surface area contributed by atoms with Gasteiger partial charge >= 0.3 is 0 Å². The van der Waals surface area contributed by atoms with Crippen LogP contribution >= 0.6 is 27.7 Å². The highest BCUT2D eigenvalue weighted by molar-refractivity contribution is 9.10. The van der Waals surface area contributed by atoms with Crippen molar-refractivity contribution in [1.29, 1.82) is 0 Å². The number of hydrogen-bond donors (Lipinski definition) is 2. The normalized spacial score (nSPS) is 17.1. The first-order chi connectivity index (χ1) is 17.0. The van der Waals surface area contributed by atoms with E-state index < -0.39 is 5.25 Å². The first-order valence-electron chi connectivity index (χ1n) is 10.7. The maximum atomic E-state index is 13.2. The van der Waals surface area contributed by atoms with E-state index in [1.54, 1.807) is 30.3 Å². The zero-order chi connectivity index (χ0) is 24.6. The third-order valence-electron chi connectivity index (χ3n) is 4.93. The van der Waals surface area contributed by atoms with E-state index in [-0.39, 0.29) is 24.0 Å². The molecule has 176 valence electrons. The van der Waals surface area contributed by atoms with Gasteiger partial charge in [0.05, 0.1) is 5.69 Å². The van der Waals surface area contributed by atoms with E-state index in [0.29, 0.717) is 16.5 Å². The van der Waals surface area contributed by atoms with Gasteiger partial charge < -0.3 is 10.4 Å². The average molecular weight is 549 g/mol. The molecule has 35 heavy (non-hydrogen) atoms. The van der Waals surface area contributed by atoms with Gasteiger partial charge in [0, 0.05) is 22.8 Å². The zero-order valence-corrected chi connectivity index (χ0v) is 20.8. The number of rotatable bonds is 7. The molecule has 1 atom stereocenters. The topological polar surface area (TPSA) is 94.4 Å². The van der Waals surface area contributed by atoms with Crippen LogP contribution < -0.4 is 10.2 Å². The van der Waals surface area contributed by atoms with Gasteiger partial charge in [-0.15, -0.1) is 5.10 Å². The Balaban J connectivity index is 1.49. The van der Waals surface area contributed by atoms with E-state index in [4.69, 9.17) is 0 Å². The van der Waals surface area contributed by atoms with Gasteiger partial charge in [-0.2, -0.15) is 5.10 Å². The maximum Gasteiger partial charge on any atom is 0.247 e. The Hall–Kier alpha value is -3.69. The first kappa shape index (κ1) is 24.4. The highest BCUT2D eigenvalue weighted by Crippen LogP contribution is 2.34. The molecular formula is C26H21BrN4O3S. The minimum Gasteiger partial charge on any atom is -0.508 e. The van der Waals surface area contributed by atoms with Crippen LogP contribution in [0.5, 0.6) is 5.75 Å². The molecular weight excluding hydrogens is 528 g/mol. The number of benzene rings is 3. The number of aromatic hydroxyl groups is 1. The first-order valence-corrected chi connectivity index (χ1v) is 12.3. The summed E-state index contributed by atoms with van der Waals surface area (Å²) < 4.78 is 0.904. The van der Waals surface area contributed by atoms with E-state index >= 15 is 0 Å². The SMILES string of the molecule is O=C(CC1SC(=NN=CC=Cc2ccccc2)N(c2ccc(O)cc2)C1=O)Nc1ccc(Br)cc1. The van der Waals surface area contributed by atoms with Crippen LogP contribution in [0, 0.1) is 0 Å². The summed E-state index contributed by atoms with van der Waals surface area (Å²) in [4.78, 5) is 27.2. The summed E-state index contributed by atoms with van der Waals surface area (Å²) in [5, 5.41) is 20.5. The quantitative estimate of drug-likeness (QED) is 0.293. The van der Waals surface area contributed by atoms with Gasteiger partial charge in [-0.1, -0.05) is 64.1 Å². The van der Waals surface area contributed by atoms with Crippen molar-refractivity contribution in [3.63, 3.8) is 0 Å². The number of hydrogen-bond acceptors (Lipinski definition) is 6. The maximum absolute atomic E-state index is 13.2. The lowest BCUT2D eigenvalue weighted by atomic mass is 10.2. The molecule has 3 aromatic carbocycles. The number of thioether (sulfide) groups is 1. The van der Waals surface area contributed by atoms with Gasteiger partial charge in [0.1, 0.15) is 11.0 Å². The number of phenolic OH excluding ortho intramolecular Hbond substituents is 1. The lowest BCUT2D eigenvalue weighted by Gasteiger charge is -2.15. The minimum atomic E-state index is -0.659. The van der Waals surface area contributed by atoms with E-state index in [9.17, 15) is 14.7 Å². The van der Waals surface area contributed by atoms with Gasteiger partial charge in [-0.05, 0) is 60.2 Å². The van der Waals surface area contributed by atoms with Crippen molar-refractivity contribution in [3.8, 4) is 5.75 Å². The fourth-order valence-corrected chi connectivity index (χ4v) is 4.61. The number of nitrogens with zero attached hydrogens (tertiary/aromatic N) is 3. The third-order valence-corrected chi connectivity index (χ3v) is 6.58. The molecule has 0 saturated carbocycles. The van der Waals surface area contributed by atoms with Crippen LogP contribution in [0.15, 0.2) is 99.6 Å². The Morgan fingerprint density at radius 2 is 1.77 bits per heavy atom. The fraction of sp³-hybridized carbons (Fsp3) is 0.0769. The molecule has 4 rings (SSSR count). The van der Waals surface area contributed by atoms with Crippen LogP contribution in [-0.4, -0.2) is 33.6 Å². The third kappa shape index (κ3) is 6.68. The summed E-state index contributed by atoms with van der Waals surface area (Å²) in [6.07, 6.45) is 5.16. The Labute approximate surface area is 215 Å². The van der Waals surface area contributed by atoms with E-state index in [0.717, 1.165) is 10.0 Å². The number of amides is 2. The molecule has 1 unspecified atom stereocenters. The van der Waals surface area contributed by atoms with Crippen LogP contribution in [0.1, 0.15) is 12.0 Å². The summed E-state index contributed by atoms with van der Waals surface area (Å²) in [7, 11) is 0. The molecule has 1 aliphatic heterocycles. The monoisotopic (exact) mass is 548 g/mol. The van der Waals surface area contributed by atoms with Crippen molar-refractivity contribution >= 4 is 68.3 Å². The number of carbonyl (C=O) groups is 2. The summed E-state index contributed by atoms with van der Waals surface area (Å²) in [5.74, 6) is -0.471. The Morgan fingerprint density at radius 3 is 2.49 bits per heavy atom. The molecule has 1 saturated heterocycles. The van der Waals surface area contributed by atoms with Gasteiger partial charge in [-0.25, -0.2) is 0 Å². The Kier molecular flexibility index (Phi) is 8.12. The van der Waals surface area contributed by atoms with Gasteiger partial charge in [-0.3, -0.25) is 14.5 Å². The summed E-state index contributed by atoms with van der Waals surface area (Å²) in [5.41, 5.74) is 2.21. The van der Waals surface area contributed by atoms with Crippen molar-refractivity contribution in [3.05, 3.63) is 95.0 Å². The van der Waals surface area contributed by atoms with Gasteiger partial charge in [0.2, 0.25) is 11.8 Å². The van der Waals surface area contributed by atoms with E-state index in [2.05, 4.69) is 31.4 Å². The molecule has 2 N–H and O–H groups in total. The second-order valence-electron chi connectivity index (χ2n) is 7.47. The highest BCUT2D eigenvalue weighted by Gasteiger charge is 2.40. The second-order valence-corrected chi connectivity index (χ2v) is 9.56. The smallest absolute Gasteiger partial charge is 0.247 e. The second kappa shape index (κ2) is 11.6. The minimum absolute atomic E-state index is 0.0230.